The van der Waals surface area contributed by atoms with Gasteiger partial charge < -0.3 is 19.2 Å². The first kappa shape index (κ1) is 23.3. The van der Waals surface area contributed by atoms with E-state index in [1.54, 1.807) is 6.26 Å². The molecule has 3 heterocycles. The van der Waals surface area contributed by atoms with E-state index in [1.165, 1.54) is 5.56 Å². The molecular weight excluding hydrogens is 424 g/mol. The second-order valence-electron chi connectivity index (χ2n) is 10.8. The van der Waals surface area contributed by atoms with E-state index < -0.39 is 5.60 Å². The number of hydrogen-bond donors (Lipinski definition) is 1. The number of aromatic nitrogens is 1. The standard InChI is InChI=1S/C29H36N2O3/c1-20(2)21-8-10-24(11-9-21)29(32,28(3)18-31(4)19-28)25-7-5-6-23(16-25)27-30-26(17-34-27)22-12-14-33-15-13-22/h5-11,16-17,20,22,32H,12-15,18-19H2,1-4H3/t29-/m0/s1. The lowest BCUT2D eigenvalue weighted by Crippen LogP contribution is -2.63. The number of benzene rings is 2. The third-order valence-electron chi connectivity index (χ3n) is 7.80. The Bertz CT molecular complexity index is 1120. The predicted octanol–water partition coefficient (Wildman–Crippen LogP) is 5.55. The Labute approximate surface area is 202 Å². The summed E-state index contributed by atoms with van der Waals surface area (Å²) < 4.78 is 11.4. The molecule has 2 aliphatic heterocycles. The molecule has 1 aromatic heterocycles. The summed E-state index contributed by atoms with van der Waals surface area (Å²) in [5.41, 5.74) is 3.55. The Balaban J connectivity index is 1.53. The van der Waals surface area contributed by atoms with Crippen LogP contribution in [-0.2, 0) is 10.3 Å². The van der Waals surface area contributed by atoms with Crippen molar-refractivity contribution in [2.75, 3.05) is 33.4 Å². The molecule has 0 unspecified atom stereocenters. The minimum absolute atomic E-state index is 0.302. The Morgan fingerprint density at radius 1 is 1.06 bits per heavy atom. The zero-order chi connectivity index (χ0) is 23.9. The van der Waals surface area contributed by atoms with E-state index in [9.17, 15) is 5.11 Å². The molecule has 0 amide bonds. The average molecular weight is 461 g/mol. The van der Waals surface area contributed by atoms with Crippen molar-refractivity contribution < 1.29 is 14.3 Å². The molecule has 5 rings (SSSR count). The van der Waals surface area contributed by atoms with Gasteiger partial charge in [-0.25, -0.2) is 4.98 Å². The van der Waals surface area contributed by atoms with Crippen molar-refractivity contribution in [2.24, 2.45) is 5.41 Å². The Morgan fingerprint density at radius 3 is 2.41 bits per heavy atom. The zero-order valence-corrected chi connectivity index (χ0v) is 20.8. The summed E-state index contributed by atoms with van der Waals surface area (Å²) in [7, 11) is 2.10. The number of rotatable bonds is 6. The third kappa shape index (κ3) is 4.00. The van der Waals surface area contributed by atoms with Crippen LogP contribution in [0.15, 0.2) is 59.2 Å². The fourth-order valence-corrected chi connectivity index (χ4v) is 5.82. The van der Waals surface area contributed by atoms with Gasteiger partial charge >= 0.3 is 0 Å². The van der Waals surface area contributed by atoms with Gasteiger partial charge in [0, 0.05) is 43.2 Å². The van der Waals surface area contributed by atoms with Crippen molar-refractivity contribution >= 4 is 0 Å². The number of hydrogen-bond acceptors (Lipinski definition) is 5. The first-order valence-corrected chi connectivity index (χ1v) is 12.5. The van der Waals surface area contributed by atoms with Gasteiger partial charge in [0.1, 0.15) is 11.9 Å². The van der Waals surface area contributed by atoms with E-state index in [0.717, 1.165) is 61.5 Å². The van der Waals surface area contributed by atoms with Gasteiger partial charge in [0.05, 0.1) is 5.69 Å². The highest BCUT2D eigenvalue weighted by Crippen LogP contribution is 2.50. The normalized spacial score (nSPS) is 20.8. The lowest BCUT2D eigenvalue weighted by molar-refractivity contribution is -0.127. The monoisotopic (exact) mass is 460 g/mol. The number of ether oxygens (including phenoxy) is 1. The molecule has 2 aliphatic rings. The van der Waals surface area contributed by atoms with Crippen LogP contribution in [-0.4, -0.2) is 48.3 Å². The van der Waals surface area contributed by atoms with E-state index in [1.807, 2.05) is 18.2 Å². The Morgan fingerprint density at radius 2 is 1.76 bits per heavy atom. The molecule has 0 radical (unpaired) electrons. The molecule has 0 aliphatic carbocycles. The van der Waals surface area contributed by atoms with E-state index in [0.29, 0.717) is 17.7 Å². The van der Waals surface area contributed by atoms with Crippen molar-refractivity contribution in [1.29, 1.82) is 0 Å². The highest BCUT2D eigenvalue weighted by atomic mass is 16.5. The second-order valence-corrected chi connectivity index (χ2v) is 10.8. The highest BCUT2D eigenvalue weighted by Gasteiger charge is 2.55. The van der Waals surface area contributed by atoms with Crippen molar-refractivity contribution in [2.45, 2.75) is 51.0 Å². The van der Waals surface area contributed by atoms with Gasteiger partial charge in [0.2, 0.25) is 5.89 Å². The van der Waals surface area contributed by atoms with Gasteiger partial charge in [-0.15, -0.1) is 0 Å². The molecule has 180 valence electrons. The zero-order valence-electron chi connectivity index (χ0n) is 20.8. The molecule has 2 saturated heterocycles. The van der Waals surface area contributed by atoms with Crippen LogP contribution in [0.1, 0.15) is 67.8 Å². The molecule has 0 spiro atoms. The van der Waals surface area contributed by atoms with Crippen LogP contribution in [0, 0.1) is 5.41 Å². The molecule has 2 fully saturated rings. The SMILES string of the molecule is CC(C)c1ccc([C@](O)(c2cccc(-c3nc(C4CCOCC4)co3)c2)C2(C)CN(C)C2)cc1. The van der Waals surface area contributed by atoms with Crippen LogP contribution in [0.4, 0.5) is 0 Å². The van der Waals surface area contributed by atoms with Gasteiger partial charge in [0.15, 0.2) is 0 Å². The molecule has 1 atom stereocenters. The highest BCUT2D eigenvalue weighted by molar-refractivity contribution is 5.57. The van der Waals surface area contributed by atoms with Crippen LogP contribution in [0.25, 0.3) is 11.5 Å². The molecule has 2 aromatic carbocycles. The lowest BCUT2D eigenvalue weighted by Gasteiger charge is -2.56. The van der Waals surface area contributed by atoms with E-state index in [4.69, 9.17) is 14.1 Å². The largest absolute Gasteiger partial charge is 0.444 e. The van der Waals surface area contributed by atoms with Crippen molar-refractivity contribution in [3.63, 3.8) is 0 Å². The minimum Gasteiger partial charge on any atom is -0.444 e. The Kier molecular flexibility index (Phi) is 6.13. The molecular formula is C29H36N2O3. The topological polar surface area (TPSA) is 58.7 Å². The van der Waals surface area contributed by atoms with Crippen LogP contribution >= 0.6 is 0 Å². The summed E-state index contributed by atoms with van der Waals surface area (Å²) in [6.07, 6.45) is 3.74. The first-order chi connectivity index (χ1) is 16.3. The lowest BCUT2D eigenvalue weighted by atomic mass is 9.62. The number of oxazole rings is 1. The summed E-state index contributed by atoms with van der Waals surface area (Å²) in [4.78, 5) is 7.08. The molecule has 0 saturated carbocycles. The summed E-state index contributed by atoms with van der Waals surface area (Å²) in [5, 5.41) is 12.5. The molecule has 5 heteroatoms. The molecule has 34 heavy (non-hydrogen) atoms. The molecule has 1 N–H and O–H groups in total. The smallest absolute Gasteiger partial charge is 0.226 e. The van der Waals surface area contributed by atoms with Crippen LogP contribution in [0.3, 0.4) is 0 Å². The fraction of sp³-hybridized carbons (Fsp3) is 0.483. The summed E-state index contributed by atoms with van der Waals surface area (Å²) in [5.74, 6) is 1.44. The fourth-order valence-electron chi connectivity index (χ4n) is 5.82. The van der Waals surface area contributed by atoms with Crippen molar-refractivity contribution in [1.82, 2.24) is 9.88 Å². The van der Waals surface area contributed by atoms with Crippen LogP contribution < -0.4 is 0 Å². The predicted molar refractivity (Wildman–Crippen MR) is 134 cm³/mol. The maximum absolute atomic E-state index is 12.5. The van der Waals surface area contributed by atoms with Crippen LogP contribution in [0.5, 0.6) is 0 Å². The van der Waals surface area contributed by atoms with Gasteiger partial charge in [-0.3, -0.25) is 0 Å². The maximum Gasteiger partial charge on any atom is 0.226 e. The molecule has 5 nitrogen and oxygen atoms in total. The number of nitrogens with zero attached hydrogens (tertiary/aromatic N) is 2. The average Bonchev–Trinajstić information content (AvgIpc) is 3.34. The van der Waals surface area contributed by atoms with E-state index in [2.05, 4.69) is 63.1 Å². The van der Waals surface area contributed by atoms with Gasteiger partial charge in [-0.05, 0) is 54.6 Å². The van der Waals surface area contributed by atoms with Gasteiger partial charge in [-0.2, -0.15) is 0 Å². The summed E-state index contributed by atoms with van der Waals surface area (Å²) in [6.45, 7) is 9.77. The minimum atomic E-state index is -1.12. The molecule has 0 bridgehead atoms. The van der Waals surface area contributed by atoms with Gasteiger partial charge in [0.25, 0.3) is 0 Å². The number of likely N-dealkylation sites (tertiary alicyclic amines) is 1. The third-order valence-corrected chi connectivity index (χ3v) is 7.80. The molecule has 3 aromatic rings. The quantitative estimate of drug-likeness (QED) is 0.523. The first-order valence-electron chi connectivity index (χ1n) is 12.5. The van der Waals surface area contributed by atoms with E-state index in [-0.39, 0.29) is 5.41 Å². The summed E-state index contributed by atoms with van der Waals surface area (Å²) in [6, 6.07) is 16.6. The summed E-state index contributed by atoms with van der Waals surface area (Å²) >= 11 is 0. The second kappa shape index (κ2) is 8.95. The van der Waals surface area contributed by atoms with E-state index >= 15 is 0 Å². The van der Waals surface area contributed by atoms with Crippen molar-refractivity contribution in [3.8, 4) is 11.5 Å². The maximum atomic E-state index is 12.5. The van der Waals surface area contributed by atoms with Crippen molar-refractivity contribution in [3.05, 3.63) is 77.2 Å². The van der Waals surface area contributed by atoms with Gasteiger partial charge in [-0.1, -0.05) is 57.2 Å². The Hall–Kier alpha value is -2.47. The number of aliphatic hydroxyl groups is 1. The van der Waals surface area contributed by atoms with Crippen LogP contribution in [0.2, 0.25) is 0 Å².